The van der Waals surface area contributed by atoms with Crippen molar-refractivity contribution in [1.82, 2.24) is 0 Å². The highest BCUT2D eigenvalue weighted by molar-refractivity contribution is 7.47. The summed E-state index contributed by atoms with van der Waals surface area (Å²) < 4.78 is 67.8. The molecule has 0 aromatic heterocycles. The van der Waals surface area contributed by atoms with Crippen LogP contribution in [0.4, 0.5) is 0 Å². The predicted octanol–water partition coefficient (Wildman–Crippen LogP) is 17.3. The Labute approximate surface area is 498 Å². The van der Waals surface area contributed by atoms with Crippen molar-refractivity contribution in [3.8, 4) is 0 Å². The van der Waals surface area contributed by atoms with Gasteiger partial charge in [0.25, 0.3) is 0 Å². The van der Waals surface area contributed by atoms with Gasteiger partial charge in [-0.3, -0.25) is 37.3 Å². The molecule has 5 atom stereocenters. The van der Waals surface area contributed by atoms with Crippen molar-refractivity contribution in [2.75, 3.05) is 39.6 Å². The Bertz CT molecular complexity index is 1620. The fraction of sp³-hybridized carbons (Fsp3) is 0.937. The molecule has 17 nitrogen and oxygen atoms in total. The van der Waals surface area contributed by atoms with Crippen LogP contribution in [0.2, 0.25) is 0 Å². The number of esters is 4. The molecule has 82 heavy (non-hydrogen) atoms. The molecule has 0 bridgehead atoms. The third-order valence-corrected chi connectivity index (χ3v) is 16.4. The number of carbonyl (C=O) groups excluding carboxylic acids is 4. The number of carbonyl (C=O) groups is 4. The van der Waals surface area contributed by atoms with Gasteiger partial charge in [-0.25, -0.2) is 9.13 Å². The zero-order chi connectivity index (χ0) is 60.8. The van der Waals surface area contributed by atoms with Crippen molar-refractivity contribution in [2.24, 2.45) is 11.8 Å². The Morgan fingerprint density at radius 2 is 0.561 bits per heavy atom. The van der Waals surface area contributed by atoms with Crippen molar-refractivity contribution in [1.29, 1.82) is 0 Å². The summed E-state index contributed by atoms with van der Waals surface area (Å²) in [5, 5.41) is 10.5. The molecule has 0 saturated heterocycles. The average Bonchev–Trinajstić information content (AvgIpc) is 3.44. The summed E-state index contributed by atoms with van der Waals surface area (Å²) in [6.07, 6.45) is 37.8. The topological polar surface area (TPSA) is 237 Å². The molecule has 0 aliphatic rings. The first-order valence-electron chi connectivity index (χ1n) is 33.0. The molecule has 0 amide bonds. The Kier molecular flexibility index (Phi) is 54.3. The maximum absolute atomic E-state index is 13.0. The summed E-state index contributed by atoms with van der Waals surface area (Å²) in [7, 11) is -9.88. The van der Waals surface area contributed by atoms with Gasteiger partial charge < -0.3 is 33.8 Å². The van der Waals surface area contributed by atoms with Gasteiger partial charge in [0.05, 0.1) is 26.4 Å². The number of hydrogen-bond acceptors (Lipinski definition) is 15. The number of ether oxygens (including phenoxy) is 4. The van der Waals surface area contributed by atoms with Crippen LogP contribution < -0.4 is 0 Å². The van der Waals surface area contributed by atoms with E-state index in [1.165, 1.54) is 103 Å². The van der Waals surface area contributed by atoms with Gasteiger partial charge in [-0.15, -0.1) is 0 Å². The van der Waals surface area contributed by atoms with Crippen LogP contribution in [0.1, 0.15) is 311 Å². The molecular weight excluding hydrogens is 1090 g/mol. The molecule has 0 heterocycles. The van der Waals surface area contributed by atoms with Gasteiger partial charge in [-0.1, -0.05) is 260 Å². The molecule has 0 aromatic rings. The number of phosphoric acid groups is 2. The van der Waals surface area contributed by atoms with E-state index in [9.17, 15) is 43.2 Å². The second-order valence-electron chi connectivity index (χ2n) is 23.7. The molecule has 0 aliphatic carbocycles. The van der Waals surface area contributed by atoms with Crippen molar-refractivity contribution in [2.45, 2.75) is 330 Å². The van der Waals surface area contributed by atoms with E-state index in [-0.39, 0.29) is 25.7 Å². The van der Waals surface area contributed by atoms with Gasteiger partial charge in [0.1, 0.15) is 19.3 Å². The molecule has 0 aromatic carbocycles. The van der Waals surface area contributed by atoms with Gasteiger partial charge >= 0.3 is 39.5 Å². The highest BCUT2D eigenvalue weighted by Gasteiger charge is 2.30. The van der Waals surface area contributed by atoms with Crippen LogP contribution in [-0.2, 0) is 65.4 Å². The molecule has 0 radical (unpaired) electrons. The summed E-state index contributed by atoms with van der Waals surface area (Å²) in [6.45, 7) is 9.41. The first-order chi connectivity index (χ1) is 39.4. The minimum Gasteiger partial charge on any atom is -0.462 e. The molecule has 2 unspecified atom stereocenters. The Morgan fingerprint density at radius 1 is 0.329 bits per heavy atom. The molecule has 0 rings (SSSR count). The Hall–Kier alpha value is -1.94. The molecule has 0 spiro atoms. The lowest BCUT2D eigenvalue weighted by Gasteiger charge is -2.21. The van der Waals surface area contributed by atoms with E-state index in [0.717, 1.165) is 127 Å². The quantitative estimate of drug-likeness (QED) is 0.0222. The number of hydrogen-bond donors (Lipinski definition) is 3. The predicted molar refractivity (Wildman–Crippen MR) is 326 cm³/mol. The van der Waals surface area contributed by atoms with Crippen molar-refractivity contribution < 1.29 is 80.2 Å². The minimum absolute atomic E-state index is 0.103. The van der Waals surface area contributed by atoms with E-state index < -0.39 is 97.5 Å². The van der Waals surface area contributed by atoms with Crippen molar-refractivity contribution >= 4 is 39.5 Å². The number of rotatable bonds is 62. The summed E-state index contributed by atoms with van der Waals surface area (Å²) >= 11 is 0. The van der Waals surface area contributed by atoms with E-state index >= 15 is 0 Å². The fourth-order valence-corrected chi connectivity index (χ4v) is 10.9. The van der Waals surface area contributed by atoms with E-state index in [2.05, 4.69) is 41.5 Å². The van der Waals surface area contributed by atoms with Gasteiger partial charge in [0, 0.05) is 25.7 Å². The van der Waals surface area contributed by atoms with Crippen LogP contribution >= 0.6 is 15.6 Å². The summed E-state index contributed by atoms with van der Waals surface area (Å²) in [4.78, 5) is 71.9. The van der Waals surface area contributed by atoms with Crippen LogP contribution in [0.5, 0.6) is 0 Å². The largest absolute Gasteiger partial charge is 0.472 e. The second kappa shape index (κ2) is 55.6. The number of aliphatic hydroxyl groups is 1. The van der Waals surface area contributed by atoms with Crippen molar-refractivity contribution in [3.05, 3.63) is 0 Å². The van der Waals surface area contributed by atoms with Crippen molar-refractivity contribution in [3.63, 3.8) is 0 Å². The van der Waals surface area contributed by atoms with Gasteiger partial charge in [0.15, 0.2) is 12.2 Å². The van der Waals surface area contributed by atoms with E-state index in [4.69, 9.17) is 37.0 Å². The SMILES string of the molecule is CCCCCCCCCC(=O)OC[C@H](COP(=O)(O)OC[C@H](O)COP(=O)(O)OC[C@@H](COC(=O)CCCCCCCCCCCCCC(C)C)OC(=O)CCCCCCCCCCCCCC(C)C)OC(=O)CCCCCCCCC. The fourth-order valence-electron chi connectivity index (χ4n) is 9.35. The number of unbranched alkanes of at least 4 members (excludes halogenated alkanes) is 32. The summed E-state index contributed by atoms with van der Waals surface area (Å²) in [6, 6.07) is 0. The zero-order valence-electron chi connectivity index (χ0n) is 52.8. The van der Waals surface area contributed by atoms with Crippen LogP contribution in [0.25, 0.3) is 0 Å². The first-order valence-corrected chi connectivity index (χ1v) is 36.0. The van der Waals surface area contributed by atoms with Gasteiger partial charge in [-0.05, 0) is 37.5 Å². The maximum Gasteiger partial charge on any atom is 0.472 e. The standard InChI is InChI=1S/C63H122O17P2/c1-7-9-11-13-25-33-39-45-60(65)73-51-58(79-62(67)47-41-35-26-14-12-10-8-2)53-77-81(69,70)75-49-57(64)50-76-82(71,72)78-54-59(80-63(68)48-42-36-30-24-20-16-18-22-28-32-38-44-56(5)6)52-74-61(66)46-40-34-29-23-19-15-17-21-27-31-37-43-55(3)4/h55-59,64H,7-54H2,1-6H3,(H,69,70)(H,71,72)/t57-,58+,59+/m0/s1. The summed E-state index contributed by atoms with van der Waals surface area (Å²) in [5.74, 6) is -0.607. The lowest BCUT2D eigenvalue weighted by Crippen LogP contribution is -2.30. The van der Waals surface area contributed by atoms with Gasteiger partial charge in [-0.2, -0.15) is 0 Å². The Morgan fingerprint density at radius 3 is 0.829 bits per heavy atom. The number of phosphoric ester groups is 2. The first kappa shape index (κ1) is 80.1. The molecule has 0 fully saturated rings. The monoisotopic (exact) mass is 1210 g/mol. The lowest BCUT2D eigenvalue weighted by atomic mass is 10.0. The smallest absolute Gasteiger partial charge is 0.462 e. The lowest BCUT2D eigenvalue weighted by molar-refractivity contribution is -0.161. The molecule has 0 saturated carbocycles. The van der Waals surface area contributed by atoms with Crippen LogP contribution in [0.3, 0.4) is 0 Å². The van der Waals surface area contributed by atoms with Crippen LogP contribution in [0.15, 0.2) is 0 Å². The Balaban J connectivity index is 5.18. The molecule has 19 heteroatoms. The molecule has 486 valence electrons. The third kappa shape index (κ3) is 57.2. The molecule has 3 N–H and O–H groups in total. The summed E-state index contributed by atoms with van der Waals surface area (Å²) in [5.41, 5.74) is 0. The third-order valence-electron chi connectivity index (χ3n) is 14.5. The van der Waals surface area contributed by atoms with E-state index in [1.54, 1.807) is 0 Å². The van der Waals surface area contributed by atoms with Gasteiger partial charge in [0.2, 0.25) is 0 Å². The van der Waals surface area contributed by atoms with E-state index in [1.807, 2.05) is 0 Å². The zero-order valence-corrected chi connectivity index (χ0v) is 54.6. The highest BCUT2D eigenvalue weighted by Crippen LogP contribution is 2.45. The normalized spacial score (nSPS) is 14.3. The number of aliphatic hydroxyl groups excluding tert-OH is 1. The van der Waals surface area contributed by atoms with Crippen LogP contribution in [0, 0.1) is 11.8 Å². The molecular formula is C63H122O17P2. The average molecular weight is 1210 g/mol. The minimum atomic E-state index is -4.94. The van der Waals surface area contributed by atoms with E-state index in [0.29, 0.717) is 25.7 Å². The second-order valence-corrected chi connectivity index (χ2v) is 26.7. The van der Waals surface area contributed by atoms with Crippen LogP contribution in [-0.4, -0.2) is 96.7 Å². The highest BCUT2D eigenvalue weighted by atomic mass is 31.2. The maximum atomic E-state index is 13.0. The molecule has 0 aliphatic heterocycles.